The van der Waals surface area contributed by atoms with Gasteiger partial charge in [-0.05, 0) is 26.8 Å². The third kappa shape index (κ3) is 4.26. The van der Waals surface area contributed by atoms with Crippen LogP contribution in [0, 0.1) is 5.92 Å². The Morgan fingerprint density at radius 3 is 2.59 bits per heavy atom. The Hall–Kier alpha value is -0.650. The summed E-state index contributed by atoms with van der Waals surface area (Å²) in [5.74, 6) is -1.24. The molecule has 100 valence electrons. The molecule has 17 heavy (non-hydrogen) atoms. The Labute approximate surface area is 102 Å². The number of carboxylic acids is 1. The van der Waals surface area contributed by atoms with Gasteiger partial charge in [-0.25, -0.2) is 0 Å². The van der Waals surface area contributed by atoms with Crippen molar-refractivity contribution in [1.82, 2.24) is 4.90 Å². The van der Waals surface area contributed by atoms with E-state index in [0.29, 0.717) is 26.2 Å². The van der Waals surface area contributed by atoms with Gasteiger partial charge >= 0.3 is 5.97 Å². The highest BCUT2D eigenvalue weighted by Crippen LogP contribution is 2.21. The molecule has 1 aliphatic heterocycles. The van der Waals surface area contributed by atoms with Gasteiger partial charge in [-0.15, -0.1) is 0 Å². The van der Waals surface area contributed by atoms with E-state index in [0.717, 1.165) is 6.54 Å². The van der Waals surface area contributed by atoms with E-state index >= 15 is 0 Å². The number of aliphatic carboxylic acids is 1. The molecule has 5 heteroatoms. The van der Waals surface area contributed by atoms with E-state index in [1.165, 1.54) is 0 Å². The number of hydrogen-bond donors (Lipinski definition) is 2. The maximum atomic E-state index is 11.1. The molecule has 0 spiro atoms. The van der Waals surface area contributed by atoms with Crippen LogP contribution in [0.1, 0.15) is 27.2 Å². The van der Waals surface area contributed by atoms with Gasteiger partial charge < -0.3 is 14.9 Å². The molecule has 0 aliphatic carbocycles. The van der Waals surface area contributed by atoms with Gasteiger partial charge in [0.1, 0.15) is 0 Å². The number of nitrogens with zero attached hydrogens (tertiary/aromatic N) is 1. The van der Waals surface area contributed by atoms with Crippen LogP contribution in [0.5, 0.6) is 0 Å². The second-order valence-electron chi connectivity index (χ2n) is 5.24. The van der Waals surface area contributed by atoms with Crippen LogP contribution in [0.3, 0.4) is 0 Å². The van der Waals surface area contributed by atoms with Gasteiger partial charge in [0, 0.05) is 12.6 Å². The van der Waals surface area contributed by atoms with Crippen molar-refractivity contribution in [3.8, 4) is 0 Å². The first kappa shape index (κ1) is 14.4. The molecule has 0 saturated carbocycles. The molecule has 1 heterocycles. The third-order valence-corrected chi connectivity index (χ3v) is 3.25. The van der Waals surface area contributed by atoms with Crippen LogP contribution in [0.15, 0.2) is 0 Å². The maximum Gasteiger partial charge on any atom is 0.310 e. The lowest BCUT2D eigenvalue weighted by atomic mass is 10.00. The van der Waals surface area contributed by atoms with Crippen LogP contribution < -0.4 is 0 Å². The molecule has 0 bridgehead atoms. The summed E-state index contributed by atoms with van der Waals surface area (Å²) >= 11 is 0. The Kier molecular flexibility index (Phi) is 4.91. The lowest BCUT2D eigenvalue weighted by molar-refractivity contribution is -0.143. The average Bonchev–Trinajstić information content (AvgIpc) is 2.66. The highest BCUT2D eigenvalue weighted by Gasteiger charge is 2.37. The van der Waals surface area contributed by atoms with Crippen LogP contribution in [0.25, 0.3) is 0 Å². The third-order valence-electron chi connectivity index (χ3n) is 3.25. The number of likely N-dealkylation sites (N-methyl/N-ethyl adjacent to an activating group) is 1. The predicted molar refractivity (Wildman–Crippen MR) is 63.9 cm³/mol. The minimum atomic E-state index is -0.797. The molecule has 1 aliphatic rings. The standard InChI is InChI=1S/C12H23NO4/c1-4-13(6-5-12(2,3)16)10-8-17-7-9(10)11(14)15/h9-10,16H,4-8H2,1-3H3,(H,14,15). The number of aliphatic hydroxyl groups is 1. The molecular weight excluding hydrogens is 222 g/mol. The molecule has 0 aromatic carbocycles. The number of hydrogen-bond acceptors (Lipinski definition) is 4. The summed E-state index contributed by atoms with van der Waals surface area (Å²) < 4.78 is 5.26. The van der Waals surface area contributed by atoms with Gasteiger partial charge in [0.15, 0.2) is 0 Å². The van der Waals surface area contributed by atoms with Gasteiger partial charge in [-0.1, -0.05) is 6.92 Å². The lowest BCUT2D eigenvalue weighted by Gasteiger charge is -2.31. The fourth-order valence-corrected chi connectivity index (χ4v) is 2.11. The highest BCUT2D eigenvalue weighted by atomic mass is 16.5. The van der Waals surface area contributed by atoms with Crippen molar-refractivity contribution >= 4 is 5.97 Å². The highest BCUT2D eigenvalue weighted by molar-refractivity contribution is 5.71. The van der Waals surface area contributed by atoms with Crippen LogP contribution in [0.2, 0.25) is 0 Å². The summed E-state index contributed by atoms with van der Waals surface area (Å²) in [6.07, 6.45) is 0.629. The molecule has 1 rings (SSSR count). The first-order valence-corrected chi connectivity index (χ1v) is 6.12. The Morgan fingerprint density at radius 2 is 2.12 bits per heavy atom. The predicted octanol–water partition coefficient (Wildman–Crippen LogP) is 0.569. The minimum absolute atomic E-state index is 0.0696. The second kappa shape index (κ2) is 5.80. The van der Waals surface area contributed by atoms with E-state index in [4.69, 9.17) is 9.84 Å². The molecular formula is C12H23NO4. The molecule has 2 unspecified atom stereocenters. The van der Waals surface area contributed by atoms with Crippen molar-refractivity contribution in [2.45, 2.75) is 38.8 Å². The van der Waals surface area contributed by atoms with Gasteiger partial charge in [0.05, 0.1) is 24.7 Å². The van der Waals surface area contributed by atoms with Crippen molar-refractivity contribution in [2.75, 3.05) is 26.3 Å². The first-order chi connectivity index (χ1) is 7.85. The van der Waals surface area contributed by atoms with Gasteiger partial charge in [0.2, 0.25) is 0 Å². The zero-order chi connectivity index (χ0) is 13.1. The summed E-state index contributed by atoms with van der Waals surface area (Å²) in [7, 11) is 0. The fourth-order valence-electron chi connectivity index (χ4n) is 2.11. The zero-order valence-corrected chi connectivity index (χ0v) is 10.8. The molecule has 0 amide bonds. The van der Waals surface area contributed by atoms with Crippen LogP contribution in [-0.4, -0.2) is 59.0 Å². The topological polar surface area (TPSA) is 70.0 Å². The lowest BCUT2D eigenvalue weighted by Crippen LogP contribution is -2.44. The van der Waals surface area contributed by atoms with Crippen molar-refractivity contribution < 1.29 is 19.7 Å². The van der Waals surface area contributed by atoms with Crippen LogP contribution in [-0.2, 0) is 9.53 Å². The first-order valence-electron chi connectivity index (χ1n) is 6.12. The van der Waals surface area contributed by atoms with Crippen molar-refractivity contribution in [2.24, 2.45) is 5.92 Å². The molecule has 0 aromatic rings. The Morgan fingerprint density at radius 1 is 1.47 bits per heavy atom. The number of ether oxygens (including phenoxy) is 1. The van der Waals surface area contributed by atoms with E-state index < -0.39 is 17.5 Å². The van der Waals surface area contributed by atoms with Crippen LogP contribution in [0.4, 0.5) is 0 Å². The number of rotatable bonds is 6. The van der Waals surface area contributed by atoms with Crippen molar-refractivity contribution in [3.63, 3.8) is 0 Å². The Balaban J connectivity index is 2.57. The zero-order valence-electron chi connectivity index (χ0n) is 10.8. The smallest absolute Gasteiger partial charge is 0.310 e. The SMILES string of the molecule is CCN(CCC(C)(C)O)C1COCC1C(=O)O. The van der Waals surface area contributed by atoms with Gasteiger partial charge in [-0.3, -0.25) is 9.69 Å². The summed E-state index contributed by atoms with van der Waals surface area (Å²) in [6, 6.07) is -0.0696. The fraction of sp³-hybridized carbons (Fsp3) is 0.917. The molecule has 2 N–H and O–H groups in total. The second-order valence-corrected chi connectivity index (χ2v) is 5.24. The number of carboxylic acid groups (broad SMARTS) is 1. The van der Waals surface area contributed by atoms with E-state index in [1.807, 2.05) is 6.92 Å². The van der Waals surface area contributed by atoms with Crippen molar-refractivity contribution in [1.29, 1.82) is 0 Å². The minimum Gasteiger partial charge on any atom is -0.481 e. The Bertz CT molecular complexity index is 262. The van der Waals surface area contributed by atoms with E-state index in [-0.39, 0.29) is 6.04 Å². The quantitative estimate of drug-likeness (QED) is 0.716. The summed E-state index contributed by atoms with van der Waals surface area (Å²) in [4.78, 5) is 13.2. The maximum absolute atomic E-state index is 11.1. The van der Waals surface area contributed by atoms with Crippen molar-refractivity contribution in [3.05, 3.63) is 0 Å². The van der Waals surface area contributed by atoms with E-state index in [1.54, 1.807) is 13.8 Å². The number of carbonyl (C=O) groups is 1. The van der Waals surface area contributed by atoms with E-state index in [2.05, 4.69) is 4.90 Å². The molecule has 1 fully saturated rings. The van der Waals surface area contributed by atoms with Gasteiger partial charge in [0.25, 0.3) is 0 Å². The summed E-state index contributed by atoms with van der Waals surface area (Å²) in [6.45, 7) is 7.75. The van der Waals surface area contributed by atoms with Crippen LogP contribution >= 0.6 is 0 Å². The molecule has 1 saturated heterocycles. The largest absolute Gasteiger partial charge is 0.481 e. The summed E-state index contributed by atoms with van der Waals surface area (Å²) in [5.41, 5.74) is -0.717. The molecule has 2 atom stereocenters. The monoisotopic (exact) mass is 245 g/mol. The van der Waals surface area contributed by atoms with E-state index in [9.17, 15) is 9.90 Å². The molecule has 5 nitrogen and oxygen atoms in total. The molecule has 0 radical (unpaired) electrons. The van der Waals surface area contributed by atoms with Gasteiger partial charge in [-0.2, -0.15) is 0 Å². The molecule has 0 aromatic heterocycles. The normalized spacial score (nSPS) is 25.5. The summed E-state index contributed by atoms with van der Waals surface area (Å²) in [5, 5.41) is 18.8. The average molecular weight is 245 g/mol.